The molecular weight excluding hydrogens is 242 g/mol. The van der Waals surface area contributed by atoms with Crippen LogP contribution in [0.2, 0.25) is 0 Å². The average molecular weight is 271 g/mol. The summed E-state index contributed by atoms with van der Waals surface area (Å²) in [6.45, 7) is 9.56. The number of carbonyl (C=O) groups excluding carboxylic acids is 2. The van der Waals surface area contributed by atoms with Crippen molar-refractivity contribution in [3.63, 3.8) is 0 Å². The number of hydrogen-bond donors (Lipinski definition) is 1. The molecule has 4 heteroatoms. The Bertz CT molecular complexity index is 263. The predicted molar refractivity (Wildman–Crippen MR) is 77.1 cm³/mol. The van der Waals surface area contributed by atoms with Gasteiger partial charge in [-0.05, 0) is 52.4 Å². The van der Waals surface area contributed by atoms with Gasteiger partial charge < -0.3 is 14.8 Å². The Morgan fingerprint density at radius 1 is 1.21 bits per heavy atom. The highest BCUT2D eigenvalue weighted by molar-refractivity contribution is 5.68. The van der Waals surface area contributed by atoms with Crippen molar-refractivity contribution in [2.75, 3.05) is 0 Å². The second kappa shape index (κ2) is 8.94. The van der Waals surface area contributed by atoms with Gasteiger partial charge in [-0.25, -0.2) is 4.79 Å². The van der Waals surface area contributed by atoms with Crippen molar-refractivity contribution >= 4 is 12.4 Å². The Hall–Kier alpha value is -1.06. The van der Waals surface area contributed by atoms with Gasteiger partial charge in [0, 0.05) is 12.5 Å². The second-order valence-corrected chi connectivity index (χ2v) is 5.77. The van der Waals surface area contributed by atoms with Crippen LogP contribution in [0, 0.1) is 5.92 Å². The summed E-state index contributed by atoms with van der Waals surface area (Å²) >= 11 is 0. The molecule has 0 aliphatic heterocycles. The van der Waals surface area contributed by atoms with Crippen LogP contribution < -0.4 is 5.32 Å². The van der Waals surface area contributed by atoms with Crippen LogP contribution >= 0.6 is 0 Å². The van der Waals surface area contributed by atoms with Gasteiger partial charge in [-0.15, -0.1) is 0 Å². The normalized spacial score (nSPS) is 22.8. The fraction of sp³-hybridized carbons (Fsp3) is 0.867. The molecule has 0 bridgehead atoms. The van der Waals surface area contributed by atoms with Gasteiger partial charge in [0.2, 0.25) is 0 Å². The summed E-state index contributed by atoms with van der Waals surface area (Å²) in [7, 11) is 0. The topological polar surface area (TPSA) is 55.4 Å². The van der Waals surface area contributed by atoms with Crippen molar-refractivity contribution in [3.05, 3.63) is 0 Å². The third kappa shape index (κ3) is 8.62. The minimum absolute atomic E-state index is 0.202. The summed E-state index contributed by atoms with van der Waals surface area (Å²) in [5.41, 5.74) is -0.446. The molecular formula is C15H29NO3. The number of carbonyl (C=O) groups is 2. The molecule has 0 aromatic carbocycles. The van der Waals surface area contributed by atoms with Gasteiger partial charge in [0.15, 0.2) is 0 Å². The second-order valence-electron chi connectivity index (χ2n) is 5.77. The van der Waals surface area contributed by atoms with Crippen LogP contribution in [-0.2, 0) is 9.53 Å². The molecule has 1 saturated carbocycles. The third-order valence-corrected chi connectivity index (χ3v) is 3.00. The van der Waals surface area contributed by atoms with Gasteiger partial charge in [0.05, 0.1) is 0 Å². The molecule has 0 spiro atoms. The maximum Gasteiger partial charge on any atom is 0.407 e. The van der Waals surface area contributed by atoms with E-state index in [0.717, 1.165) is 32.0 Å². The first-order valence-corrected chi connectivity index (χ1v) is 7.34. The number of nitrogens with one attached hydrogen (secondary N) is 1. The van der Waals surface area contributed by atoms with E-state index in [1.54, 1.807) is 0 Å². The summed E-state index contributed by atoms with van der Waals surface area (Å²) in [5, 5.41) is 2.89. The monoisotopic (exact) mass is 271 g/mol. The molecule has 19 heavy (non-hydrogen) atoms. The first kappa shape index (κ1) is 17.9. The van der Waals surface area contributed by atoms with Crippen LogP contribution in [0.3, 0.4) is 0 Å². The Labute approximate surface area is 117 Å². The Morgan fingerprint density at radius 2 is 1.74 bits per heavy atom. The largest absolute Gasteiger partial charge is 0.444 e. The van der Waals surface area contributed by atoms with E-state index in [9.17, 15) is 9.59 Å². The fourth-order valence-electron chi connectivity index (χ4n) is 2.15. The third-order valence-electron chi connectivity index (χ3n) is 3.00. The molecule has 0 aromatic rings. The van der Waals surface area contributed by atoms with Crippen LogP contribution in [-0.4, -0.2) is 24.0 Å². The molecule has 0 unspecified atom stereocenters. The highest BCUT2D eigenvalue weighted by Crippen LogP contribution is 2.26. The summed E-state index contributed by atoms with van der Waals surface area (Å²) in [5.74, 6) is 0.504. The van der Waals surface area contributed by atoms with E-state index in [4.69, 9.17) is 4.74 Å². The van der Waals surface area contributed by atoms with Crippen molar-refractivity contribution in [2.24, 2.45) is 5.92 Å². The van der Waals surface area contributed by atoms with E-state index in [1.165, 1.54) is 0 Å². The smallest absolute Gasteiger partial charge is 0.407 e. The molecule has 0 heterocycles. The quantitative estimate of drug-likeness (QED) is 0.796. The van der Waals surface area contributed by atoms with Gasteiger partial charge >= 0.3 is 6.09 Å². The number of aldehydes is 1. The first-order chi connectivity index (χ1) is 8.90. The molecule has 1 rings (SSSR count). The molecule has 0 radical (unpaired) electrons. The van der Waals surface area contributed by atoms with Crippen LogP contribution in [0.15, 0.2) is 0 Å². The fourth-order valence-corrected chi connectivity index (χ4v) is 2.15. The molecule has 1 N–H and O–H groups in total. The van der Waals surface area contributed by atoms with E-state index in [0.29, 0.717) is 12.3 Å². The zero-order chi connectivity index (χ0) is 14.9. The Kier molecular flexibility index (Phi) is 8.44. The molecule has 0 atom stereocenters. The SMILES string of the molecule is CC.CC(C)(C)OC(=O)NC1CCC(CC=O)CC1. The highest BCUT2D eigenvalue weighted by Gasteiger charge is 2.24. The van der Waals surface area contributed by atoms with Gasteiger partial charge in [-0.1, -0.05) is 13.8 Å². The number of hydrogen-bond acceptors (Lipinski definition) is 3. The molecule has 1 aliphatic rings. The average Bonchev–Trinajstić information content (AvgIpc) is 2.32. The van der Waals surface area contributed by atoms with Crippen LogP contribution in [0.5, 0.6) is 0 Å². The molecule has 4 nitrogen and oxygen atoms in total. The lowest BCUT2D eigenvalue weighted by atomic mass is 9.84. The summed E-state index contributed by atoms with van der Waals surface area (Å²) in [6, 6.07) is 0.202. The maximum atomic E-state index is 11.5. The van der Waals surface area contributed by atoms with E-state index in [1.807, 2.05) is 34.6 Å². The van der Waals surface area contributed by atoms with E-state index >= 15 is 0 Å². The predicted octanol–water partition coefficient (Wildman–Crippen LogP) is 3.69. The van der Waals surface area contributed by atoms with E-state index in [-0.39, 0.29) is 12.1 Å². The lowest BCUT2D eigenvalue weighted by Gasteiger charge is -2.29. The number of amides is 1. The van der Waals surface area contributed by atoms with Gasteiger partial charge in [0.25, 0.3) is 0 Å². The first-order valence-electron chi connectivity index (χ1n) is 7.34. The Balaban J connectivity index is 0.00000154. The number of ether oxygens (including phenoxy) is 1. The molecule has 1 amide bonds. The van der Waals surface area contributed by atoms with E-state index in [2.05, 4.69) is 5.32 Å². The van der Waals surface area contributed by atoms with Crippen molar-refractivity contribution in [3.8, 4) is 0 Å². The molecule has 1 fully saturated rings. The summed E-state index contributed by atoms with van der Waals surface area (Å²) < 4.78 is 5.21. The van der Waals surface area contributed by atoms with E-state index < -0.39 is 5.60 Å². The van der Waals surface area contributed by atoms with Gasteiger partial charge in [0.1, 0.15) is 11.9 Å². The maximum absolute atomic E-state index is 11.5. The van der Waals surface area contributed by atoms with Crippen LogP contribution in [0.1, 0.15) is 66.7 Å². The van der Waals surface area contributed by atoms with Crippen molar-refractivity contribution in [1.82, 2.24) is 5.32 Å². The Morgan fingerprint density at radius 3 is 2.16 bits per heavy atom. The van der Waals surface area contributed by atoms with Gasteiger partial charge in [-0.3, -0.25) is 0 Å². The van der Waals surface area contributed by atoms with Gasteiger partial charge in [-0.2, -0.15) is 0 Å². The molecule has 112 valence electrons. The lowest BCUT2D eigenvalue weighted by molar-refractivity contribution is -0.108. The van der Waals surface area contributed by atoms with Crippen LogP contribution in [0.4, 0.5) is 4.79 Å². The van der Waals surface area contributed by atoms with Crippen molar-refractivity contribution in [2.45, 2.75) is 78.4 Å². The lowest BCUT2D eigenvalue weighted by Crippen LogP contribution is -2.40. The van der Waals surface area contributed by atoms with Crippen molar-refractivity contribution < 1.29 is 14.3 Å². The molecule has 0 saturated heterocycles. The highest BCUT2D eigenvalue weighted by atomic mass is 16.6. The summed E-state index contributed by atoms with van der Waals surface area (Å²) in [6.07, 6.45) is 5.22. The minimum Gasteiger partial charge on any atom is -0.444 e. The van der Waals surface area contributed by atoms with Crippen molar-refractivity contribution in [1.29, 1.82) is 0 Å². The minimum atomic E-state index is -0.446. The zero-order valence-corrected chi connectivity index (χ0v) is 13.0. The molecule has 1 aliphatic carbocycles. The molecule has 0 aromatic heterocycles. The zero-order valence-electron chi connectivity index (χ0n) is 13.0. The summed E-state index contributed by atoms with van der Waals surface area (Å²) in [4.78, 5) is 21.9. The number of rotatable bonds is 3. The number of alkyl carbamates (subject to hydrolysis) is 1. The van der Waals surface area contributed by atoms with Crippen LogP contribution in [0.25, 0.3) is 0 Å². The standard InChI is InChI=1S/C13H23NO3.C2H6/c1-13(2,3)17-12(16)14-11-6-4-10(5-7-11)8-9-15;1-2/h9-11H,4-8H2,1-3H3,(H,14,16);1-2H3.